The van der Waals surface area contributed by atoms with Crippen molar-refractivity contribution >= 4 is 24.5 Å². The van der Waals surface area contributed by atoms with Crippen molar-refractivity contribution in [3.05, 3.63) is 0 Å². The first-order chi connectivity index (χ1) is 4.57. The summed E-state index contributed by atoms with van der Waals surface area (Å²) in [5.74, 6) is -1.32. The van der Waals surface area contributed by atoms with Gasteiger partial charge in [-0.2, -0.15) is 12.6 Å². The van der Waals surface area contributed by atoms with Gasteiger partial charge in [-0.3, -0.25) is 4.79 Å². The average Bonchev–Trinajstić information content (AvgIpc) is 1.81. The minimum Gasteiger partial charge on any atom is -0.480 e. The molecule has 0 spiro atoms. The van der Waals surface area contributed by atoms with Crippen molar-refractivity contribution in [2.45, 2.75) is 13.0 Å². The van der Waals surface area contributed by atoms with Crippen molar-refractivity contribution in [1.82, 2.24) is 5.32 Å². The molecule has 0 aromatic rings. The number of hydrogen-bond acceptors (Lipinski definition) is 3. The zero-order chi connectivity index (χ0) is 8.15. The Morgan fingerprint density at radius 2 is 1.92 bits per heavy atom. The SMILES string of the molecule is CC(=O)NC(CS)C(=O)O.O.O. The Labute approximate surface area is 75.0 Å². The summed E-state index contributed by atoms with van der Waals surface area (Å²) < 4.78 is 0. The summed E-state index contributed by atoms with van der Waals surface area (Å²) in [5, 5.41) is 10.6. The van der Waals surface area contributed by atoms with Gasteiger partial charge in [0.05, 0.1) is 0 Å². The average molecular weight is 199 g/mol. The van der Waals surface area contributed by atoms with Crippen molar-refractivity contribution in [2.24, 2.45) is 0 Å². The van der Waals surface area contributed by atoms with Crippen LogP contribution in [0.4, 0.5) is 0 Å². The number of hydrogen-bond donors (Lipinski definition) is 3. The second-order valence-electron chi connectivity index (χ2n) is 1.77. The van der Waals surface area contributed by atoms with Crippen LogP contribution < -0.4 is 5.32 Å². The van der Waals surface area contributed by atoms with Gasteiger partial charge in [0.2, 0.25) is 5.91 Å². The zero-order valence-electron chi connectivity index (χ0n) is 6.50. The zero-order valence-corrected chi connectivity index (χ0v) is 7.39. The van der Waals surface area contributed by atoms with Gasteiger partial charge in [0, 0.05) is 12.7 Å². The largest absolute Gasteiger partial charge is 0.480 e. The first kappa shape index (κ1) is 17.3. The van der Waals surface area contributed by atoms with E-state index in [1.807, 2.05) is 0 Å². The van der Waals surface area contributed by atoms with Crippen LogP contribution in [0.2, 0.25) is 0 Å². The molecule has 0 radical (unpaired) electrons. The van der Waals surface area contributed by atoms with Crippen molar-refractivity contribution in [3.8, 4) is 0 Å². The van der Waals surface area contributed by atoms with E-state index in [2.05, 4.69) is 17.9 Å². The summed E-state index contributed by atoms with van der Waals surface area (Å²) in [6.45, 7) is 1.26. The van der Waals surface area contributed by atoms with Crippen LogP contribution in [-0.2, 0) is 9.59 Å². The number of aliphatic carboxylic acids is 1. The van der Waals surface area contributed by atoms with Gasteiger partial charge in [-0.05, 0) is 0 Å². The Kier molecular flexibility index (Phi) is 12.0. The number of nitrogens with one attached hydrogen (secondary N) is 1. The number of carboxylic acid groups (broad SMARTS) is 1. The van der Waals surface area contributed by atoms with Crippen LogP contribution in [0.1, 0.15) is 6.92 Å². The quantitative estimate of drug-likeness (QED) is 0.448. The molecule has 0 aromatic carbocycles. The molecule has 0 aliphatic carbocycles. The number of thiol groups is 1. The van der Waals surface area contributed by atoms with Crippen LogP contribution in [0.15, 0.2) is 0 Å². The highest BCUT2D eigenvalue weighted by Gasteiger charge is 2.14. The van der Waals surface area contributed by atoms with Crippen molar-refractivity contribution in [3.63, 3.8) is 0 Å². The van der Waals surface area contributed by atoms with E-state index in [0.717, 1.165) is 0 Å². The van der Waals surface area contributed by atoms with Gasteiger partial charge in [0.15, 0.2) is 0 Å². The molecule has 0 saturated carbocycles. The van der Waals surface area contributed by atoms with E-state index in [9.17, 15) is 9.59 Å². The third kappa shape index (κ3) is 7.32. The molecule has 0 fully saturated rings. The highest BCUT2D eigenvalue weighted by atomic mass is 32.1. The van der Waals surface area contributed by atoms with Crippen LogP contribution in [-0.4, -0.2) is 39.7 Å². The fraction of sp³-hybridized carbons (Fsp3) is 0.600. The molecule has 1 atom stereocenters. The fourth-order valence-corrected chi connectivity index (χ4v) is 0.678. The minimum atomic E-state index is -1.06. The van der Waals surface area contributed by atoms with Gasteiger partial charge in [0.1, 0.15) is 6.04 Å². The third-order valence-corrected chi connectivity index (χ3v) is 1.22. The molecule has 6 N–H and O–H groups in total. The van der Waals surface area contributed by atoms with Crippen LogP contribution in [0.3, 0.4) is 0 Å². The van der Waals surface area contributed by atoms with E-state index in [0.29, 0.717) is 0 Å². The maximum absolute atomic E-state index is 10.3. The summed E-state index contributed by atoms with van der Waals surface area (Å²) >= 11 is 3.73. The number of amides is 1. The molecule has 1 amide bonds. The standard InChI is InChI=1S/C5H9NO3S.2H2O/c1-3(7)6-4(2-10)5(8)9;;/h4,10H,2H2,1H3,(H,6,7)(H,8,9);2*1H2. The lowest BCUT2D eigenvalue weighted by molar-refractivity contribution is -0.140. The summed E-state index contributed by atoms with van der Waals surface area (Å²) in [6.07, 6.45) is 0. The second kappa shape index (κ2) is 8.31. The normalized spacial score (nSPS) is 10.2. The Hall–Kier alpha value is -0.790. The van der Waals surface area contributed by atoms with E-state index in [-0.39, 0.29) is 22.6 Å². The van der Waals surface area contributed by atoms with Gasteiger partial charge in [-0.25, -0.2) is 4.79 Å². The molecule has 1 unspecified atom stereocenters. The summed E-state index contributed by atoms with van der Waals surface area (Å²) in [6, 6.07) is -0.874. The molecule has 0 aromatic heterocycles. The van der Waals surface area contributed by atoms with Gasteiger partial charge in [-0.15, -0.1) is 0 Å². The molecule has 7 heteroatoms. The second-order valence-corrected chi connectivity index (χ2v) is 2.14. The van der Waals surface area contributed by atoms with E-state index in [1.54, 1.807) is 0 Å². The lowest BCUT2D eigenvalue weighted by atomic mass is 10.3. The summed E-state index contributed by atoms with van der Waals surface area (Å²) in [5.41, 5.74) is 0. The lowest BCUT2D eigenvalue weighted by Gasteiger charge is -2.08. The van der Waals surface area contributed by atoms with Crippen LogP contribution in [0.5, 0.6) is 0 Å². The van der Waals surface area contributed by atoms with E-state index in [1.165, 1.54) is 6.92 Å². The van der Waals surface area contributed by atoms with Gasteiger partial charge in [-0.1, -0.05) is 0 Å². The first-order valence-corrected chi connectivity index (χ1v) is 3.32. The molecule has 0 bridgehead atoms. The third-order valence-electron chi connectivity index (χ3n) is 0.858. The van der Waals surface area contributed by atoms with Gasteiger partial charge >= 0.3 is 5.97 Å². The first-order valence-electron chi connectivity index (χ1n) is 2.68. The van der Waals surface area contributed by atoms with Crippen molar-refractivity contribution in [2.75, 3.05) is 5.75 Å². The van der Waals surface area contributed by atoms with E-state index in [4.69, 9.17) is 5.11 Å². The molecular weight excluding hydrogens is 186 g/mol. The van der Waals surface area contributed by atoms with E-state index < -0.39 is 12.0 Å². The predicted molar refractivity (Wildman–Crippen MR) is 46.3 cm³/mol. The molecule has 0 heterocycles. The maximum Gasteiger partial charge on any atom is 0.327 e. The van der Waals surface area contributed by atoms with Crippen LogP contribution in [0.25, 0.3) is 0 Å². The van der Waals surface area contributed by atoms with Gasteiger partial charge in [0.25, 0.3) is 0 Å². The van der Waals surface area contributed by atoms with Crippen LogP contribution >= 0.6 is 12.6 Å². The molecule has 0 aliphatic rings. The molecule has 0 aliphatic heterocycles. The number of rotatable bonds is 3. The number of carbonyl (C=O) groups is 2. The fourth-order valence-electron chi connectivity index (χ4n) is 0.431. The van der Waals surface area contributed by atoms with Crippen LogP contribution in [0, 0.1) is 0 Å². The molecule has 12 heavy (non-hydrogen) atoms. The highest BCUT2D eigenvalue weighted by Crippen LogP contribution is 1.86. The summed E-state index contributed by atoms with van der Waals surface area (Å²) in [4.78, 5) is 20.5. The smallest absolute Gasteiger partial charge is 0.327 e. The molecule has 6 nitrogen and oxygen atoms in total. The van der Waals surface area contributed by atoms with E-state index >= 15 is 0 Å². The minimum absolute atomic E-state index is 0. The Bertz CT molecular complexity index is 151. The Morgan fingerprint density at radius 1 is 1.50 bits per heavy atom. The Morgan fingerprint density at radius 3 is 2.00 bits per heavy atom. The molecule has 74 valence electrons. The molecule has 0 rings (SSSR count). The molecular formula is C5H13NO5S. The Balaban J connectivity index is -0.000000405. The monoisotopic (exact) mass is 199 g/mol. The maximum atomic E-state index is 10.3. The molecule has 0 saturated heterocycles. The number of carboxylic acids is 1. The van der Waals surface area contributed by atoms with Crippen molar-refractivity contribution in [1.29, 1.82) is 0 Å². The lowest BCUT2D eigenvalue weighted by Crippen LogP contribution is -2.40. The topological polar surface area (TPSA) is 129 Å². The van der Waals surface area contributed by atoms with Gasteiger partial charge < -0.3 is 21.4 Å². The highest BCUT2D eigenvalue weighted by molar-refractivity contribution is 7.80. The van der Waals surface area contributed by atoms with Crippen molar-refractivity contribution < 1.29 is 25.6 Å². The predicted octanol–water partition coefficient (Wildman–Crippen LogP) is -2.14. The summed E-state index contributed by atoms with van der Waals surface area (Å²) in [7, 11) is 0. The number of carbonyl (C=O) groups excluding carboxylic acids is 1.